The van der Waals surface area contributed by atoms with Gasteiger partial charge in [-0.15, -0.1) is 0 Å². The number of halogens is 1. The number of carbonyl (C=O) groups is 2. The topological polar surface area (TPSA) is 47.0 Å². The minimum absolute atomic E-state index is 0.219. The minimum Gasteiger partial charge on any atom is -0.285 e. The van der Waals surface area contributed by atoms with Crippen LogP contribution in [-0.4, -0.2) is 16.6 Å². The summed E-state index contributed by atoms with van der Waals surface area (Å²) in [5, 5.41) is 0.289. The van der Waals surface area contributed by atoms with E-state index < -0.39 is 11.6 Å². The van der Waals surface area contributed by atoms with Crippen LogP contribution in [0.25, 0.3) is 0 Å². The number of rotatable bonds is 3. The molecule has 18 heavy (non-hydrogen) atoms. The first-order chi connectivity index (χ1) is 8.59. The molecule has 0 radical (unpaired) electrons. The van der Waals surface area contributed by atoms with Gasteiger partial charge in [0.15, 0.2) is 0 Å². The van der Waals surface area contributed by atoms with Gasteiger partial charge in [-0.1, -0.05) is 17.7 Å². The molecule has 0 saturated carbocycles. The number of aromatic nitrogens is 1. The maximum absolute atomic E-state index is 12.0. The molecule has 0 spiro atoms. The highest BCUT2D eigenvalue weighted by Gasteiger charge is 2.20. The van der Waals surface area contributed by atoms with Crippen LogP contribution in [0.15, 0.2) is 42.7 Å². The van der Waals surface area contributed by atoms with Gasteiger partial charge in [0, 0.05) is 23.5 Å². The normalized spacial score (nSPS) is 10.1. The second-order valence-electron chi connectivity index (χ2n) is 3.88. The zero-order chi connectivity index (χ0) is 13.1. The summed E-state index contributed by atoms with van der Waals surface area (Å²) in [5.74, 6) is -1.22. The first-order valence-corrected chi connectivity index (χ1v) is 5.72. The zero-order valence-corrected chi connectivity index (χ0v) is 10.4. The van der Waals surface area contributed by atoms with Crippen LogP contribution < -0.4 is 0 Å². The van der Waals surface area contributed by atoms with E-state index in [1.807, 2.05) is 6.92 Å². The lowest BCUT2D eigenvalue weighted by Crippen LogP contribution is -2.15. The van der Waals surface area contributed by atoms with Gasteiger partial charge in [0.05, 0.1) is 5.02 Å². The molecule has 4 heteroatoms. The van der Waals surface area contributed by atoms with Gasteiger partial charge in [0.25, 0.3) is 0 Å². The maximum Gasteiger partial charge on any atom is 0.235 e. The van der Waals surface area contributed by atoms with Gasteiger partial charge in [-0.05, 0) is 36.8 Å². The monoisotopic (exact) mass is 259 g/mol. The molecule has 2 rings (SSSR count). The summed E-state index contributed by atoms with van der Waals surface area (Å²) < 4.78 is 0. The largest absolute Gasteiger partial charge is 0.285 e. The van der Waals surface area contributed by atoms with Gasteiger partial charge in [-0.3, -0.25) is 14.6 Å². The summed E-state index contributed by atoms with van der Waals surface area (Å²) >= 11 is 5.97. The number of ketones is 2. The van der Waals surface area contributed by atoms with E-state index in [1.165, 1.54) is 6.20 Å². The summed E-state index contributed by atoms with van der Waals surface area (Å²) in [5.41, 5.74) is 1.42. The number of hydrogen-bond acceptors (Lipinski definition) is 3. The van der Waals surface area contributed by atoms with Crippen LogP contribution in [0, 0.1) is 6.92 Å². The van der Waals surface area contributed by atoms with E-state index >= 15 is 0 Å². The quantitative estimate of drug-likeness (QED) is 0.629. The number of pyridine rings is 1. The predicted octanol–water partition coefficient (Wildman–Crippen LogP) is 3.11. The van der Waals surface area contributed by atoms with Gasteiger partial charge >= 0.3 is 0 Å². The molecule has 0 atom stereocenters. The van der Waals surface area contributed by atoms with E-state index in [2.05, 4.69) is 4.98 Å². The maximum atomic E-state index is 12.0. The highest BCUT2D eigenvalue weighted by atomic mass is 35.5. The first-order valence-electron chi connectivity index (χ1n) is 5.35. The Morgan fingerprint density at radius 2 is 1.94 bits per heavy atom. The van der Waals surface area contributed by atoms with Crippen molar-refractivity contribution in [1.29, 1.82) is 0 Å². The number of hydrogen-bond donors (Lipinski definition) is 0. The summed E-state index contributed by atoms with van der Waals surface area (Å²) in [6.45, 7) is 1.86. The Bertz CT molecular complexity index is 608. The summed E-state index contributed by atoms with van der Waals surface area (Å²) in [6.07, 6.45) is 2.91. The predicted molar refractivity (Wildman–Crippen MR) is 69.1 cm³/mol. The molecule has 0 aliphatic heterocycles. The van der Waals surface area contributed by atoms with E-state index in [0.717, 1.165) is 5.56 Å². The van der Waals surface area contributed by atoms with Crippen LogP contribution in [0.5, 0.6) is 0 Å². The smallest absolute Gasteiger partial charge is 0.235 e. The minimum atomic E-state index is -0.618. The Morgan fingerprint density at radius 1 is 1.17 bits per heavy atom. The summed E-state index contributed by atoms with van der Waals surface area (Å²) in [4.78, 5) is 27.8. The molecular weight excluding hydrogens is 250 g/mol. The molecule has 1 aromatic heterocycles. The van der Waals surface area contributed by atoms with Crippen molar-refractivity contribution < 1.29 is 9.59 Å². The van der Waals surface area contributed by atoms with Crippen LogP contribution in [0.2, 0.25) is 5.02 Å². The molecule has 2 aromatic rings. The van der Waals surface area contributed by atoms with Crippen LogP contribution in [0.1, 0.15) is 26.3 Å². The highest BCUT2D eigenvalue weighted by Crippen LogP contribution is 2.19. The fourth-order valence-corrected chi connectivity index (χ4v) is 1.88. The molecular formula is C14H10ClNO2. The molecule has 0 N–H and O–H groups in total. The molecule has 0 amide bonds. The third kappa shape index (κ3) is 2.46. The second kappa shape index (κ2) is 5.10. The second-order valence-corrected chi connectivity index (χ2v) is 4.29. The lowest BCUT2D eigenvalue weighted by atomic mass is 10.0. The number of carbonyl (C=O) groups excluding carboxylic acids is 2. The van der Waals surface area contributed by atoms with Gasteiger partial charge < -0.3 is 0 Å². The van der Waals surface area contributed by atoms with Gasteiger partial charge in [-0.2, -0.15) is 0 Å². The fraction of sp³-hybridized carbons (Fsp3) is 0.0714. The zero-order valence-electron chi connectivity index (χ0n) is 9.68. The van der Waals surface area contributed by atoms with Crippen LogP contribution in [0.4, 0.5) is 0 Å². The average Bonchev–Trinajstić information content (AvgIpc) is 2.38. The van der Waals surface area contributed by atoms with Crippen molar-refractivity contribution >= 4 is 23.2 Å². The fourth-order valence-electron chi connectivity index (χ4n) is 1.55. The SMILES string of the molecule is Cc1ccc(C(=O)C(=O)c2cccnc2)c(Cl)c1. The Hall–Kier alpha value is -2.00. The van der Waals surface area contributed by atoms with E-state index in [-0.39, 0.29) is 16.1 Å². The summed E-state index contributed by atoms with van der Waals surface area (Å²) in [6, 6.07) is 8.13. The molecule has 90 valence electrons. The molecule has 0 bridgehead atoms. The Kier molecular flexibility index (Phi) is 3.53. The van der Waals surface area contributed by atoms with Crippen molar-refractivity contribution in [2.24, 2.45) is 0 Å². The molecule has 1 aromatic carbocycles. The molecule has 0 aliphatic carbocycles. The van der Waals surface area contributed by atoms with Crippen molar-refractivity contribution in [2.45, 2.75) is 6.92 Å². The average molecular weight is 260 g/mol. The van der Waals surface area contributed by atoms with E-state index in [9.17, 15) is 9.59 Å². The van der Waals surface area contributed by atoms with Gasteiger partial charge in [0.2, 0.25) is 11.6 Å². The number of nitrogens with zero attached hydrogens (tertiary/aromatic N) is 1. The summed E-state index contributed by atoms with van der Waals surface area (Å²) in [7, 11) is 0. The molecule has 1 heterocycles. The van der Waals surface area contributed by atoms with Crippen molar-refractivity contribution in [3.8, 4) is 0 Å². The standard InChI is InChI=1S/C14H10ClNO2/c1-9-4-5-11(12(15)7-9)14(18)13(17)10-3-2-6-16-8-10/h2-8H,1H3. The Morgan fingerprint density at radius 3 is 2.56 bits per heavy atom. The third-order valence-corrected chi connectivity index (χ3v) is 2.81. The van der Waals surface area contributed by atoms with Crippen molar-refractivity contribution in [3.63, 3.8) is 0 Å². The third-order valence-electron chi connectivity index (χ3n) is 2.50. The number of aryl methyl sites for hydroxylation is 1. The van der Waals surface area contributed by atoms with Gasteiger partial charge in [0.1, 0.15) is 0 Å². The Labute approximate surface area is 109 Å². The van der Waals surface area contributed by atoms with E-state index in [4.69, 9.17) is 11.6 Å². The molecule has 0 saturated heterocycles. The first kappa shape index (κ1) is 12.5. The molecule has 0 aliphatic rings. The Balaban J connectivity index is 2.35. The van der Waals surface area contributed by atoms with Crippen LogP contribution in [0.3, 0.4) is 0 Å². The molecule has 3 nitrogen and oxygen atoms in total. The number of benzene rings is 1. The van der Waals surface area contributed by atoms with Crippen molar-refractivity contribution in [2.75, 3.05) is 0 Å². The highest BCUT2D eigenvalue weighted by molar-refractivity contribution is 6.51. The lowest BCUT2D eigenvalue weighted by Gasteiger charge is -2.03. The van der Waals surface area contributed by atoms with Crippen molar-refractivity contribution in [3.05, 3.63) is 64.4 Å². The number of Topliss-reactive ketones (excluding diaryl/α,β-unsaturated/α-hetero) is 2. The molecule has 0 fully saturated rings. The molecule has 0 unspecified atom stereocenters. The van der Waals surface area contributed by atoms with Crippen LogP contribution >= 0.6 is 11.6 Å². The van der Waals surface area contributed by atoms with Gasteiger partial charge in [-0.25, -0.2) is 0 Å². The van der Waals surface area contributed by atoms with Crippen LogP contribution in [-0.2, 0) is 0 Å². The van der Waals surface area contributed by atoms with Crippen molar-refractivity contribution in [1.82, 2.24) is 4.98 Å². The van der Waals surface area contributed by atoms with E-state index in [1.54, 1.807) is 36.5 Å². The van der Waals surface area contributed by atoms with E-state index in [0.29, 0.717) is 0 Å². The lowest BCUT2D eigenvalue weighted by molar-refractivity contribution is 0.0817.